The van der Waals surface area contributed by atoms with Gasteiger partial charge < -0.3 is 34.6 Å². The second kappa shape index (κ2) is 8.11. The van der Waals surface area contributed by atoms with Crippen LogP contribution in [-0.4, -0.2) is 84.5 Å². The van der Waals surface area contributed by atoms with Crippen LogP contribution in [0.4, 0.5) is 0 Å². The van der Waals surface area contributed by atoms with Crippen molar-refractivity contribution in [2.75, 3.05) is 46.2 Å². The lowest BCUT2D eigenvalue weighted by Gasteiger charge is -2.28. The van der Waals surface area contributed by atoms with Gasteiger partial charge in [-0.2, -0.15) is 0 Å². The van der Waals surface area contributed by atoms with Crippen molar-refractivity contribution >= 4 is 0 Å². The van der Waals surface area contributed by atoms with Crippen molar-refractivity contribution in [2.45, 2.75) is 24.7 Å². The highest BCUT2D eigenvalue weighted by atomic mass is 16.6. The fourth-order valence-electron chi connectivity index (χ4n) is 1.19. The number of epoxide rings is 2. The van der Waals surface area contributed by atoms with Crippen molar-refractivity contribution in [3.8, 4) is 0 Å². The Hall–Kier alpha value is -0.280. The molecule has 0 saturated carbocycles. The first kappa shape index (κ1) is 16.8. The Balaban J connectivity index is 0.000000190. The zero-order valence-corrected chi connectivity index (χ0v) is 11.2. The molecule has 19 heavy (non-hydrogen) atoms. The molecule has 0 aromatic carbocycles. The largest absolute Gasteiger partial charge is 0.396 e. The van der Waals surface area contributed by atoms with Crippen LogP contribution in [0.25, 0.3) is 0 Å². The quantitative estimate of drug-likeness (QED) is 0.385. The van der Waals surface area contributed by atoms with Gasteiger partial charge in [0, 0.05) is 12.5 Å². The summed E-state index contributed by atoms with van der Waals surface area (Å²) >= 11 is 0. The zero-order valence-electron chi connectivity index (χ0n) is 11.2. The number of ether oxygens (including phenoxy) is 3. The van der Waals surface area contributed by atoms with Crippen LogP contribution in [0.15, 0.2) is 0 Å². The van der Waals surface area contributed by atoms with Gasteiger partial charge in [0.2, 0.25) is 0 Å². The van der Waals surface area contributed by atoms with Gasteiger partial charge in [0.15, 0.2) is 0 Å². The van der Waals surface area contributed by atoms with Crippen molar-refractivity contribution in [1.82, 2.24) is 0 Å². The molecule has 3 atom stereocenters. The first-order chi connectivity index (χ1) is 9.05. The molecule has 3 unspecified atom stereocenters. The molecule has 2 heterocycles. The van der Waals surface area contributed by atoms with E-state index in [1.165, 1.54) is 0 Å². The van der Waals surface area contributed by atoms with E-state index in [1.54, 1.807) is 6.92 Å². The summed E-state index contributed by atoms with van der Waals surface area (Å²) in [5.74, 6) is -0.512. The summed E-state index contributed by atoms with van der Waals surface area (Å²) in [6.07, 6.45) is 0.785. The molecule has 2 aliphatic rings. The van der Waals surface area contributed by atoms with Gasteiger partial charge in [0.1, 0.15) is 17.8 Å². The number of hydrogen-bond acceptors (Lipinski definition) is 7. The Labute approximate surface area is 112 Å². The topological polar surface area (TPSA) is 115 Å². The third-order valence-corrected chi connectivity index (χ3v) is 3.15. The molecule has 114 valence electrons. The fourth-order valence-corrected chi connectivity index (χ4v) is 1.19. The maximum absolute atomic E-state index is 9.24. The smallest absolute Gasteiger partial charge is 0.115 e. The van der Waals surface area contributed by atoms with E-state index in [0.29, 0.717) is 12.2 Å². The van der Waals surface area contributed by atoms with Crippen LogP contribution in [0.3, 0.4) is 0 Å². The van der Waals surface area contributed by atoms with E-state index in [9.17, 15) is 5.11 Å². The van der Waals surface area contributed by atoms with E-state index in [-0.39, 0.29) is 6.61 Å². The zero-order chi connectivity index (χ0) is 14.3. The summed E-state index contributed by atoms with van der Waals surface area (Å²) in [4.78, 5) is 0. The summed E-state index contributed by atoms with van der Waals surface area (Å²) in [5.41, 5.74) is -1.55. The standard InChI is InChI=1S/C6H14O4.C6H10O3/c1-5(2-7)6(10,3-8)4-9;1(5-3-8-5)7-2-6-4-9-6/h5,7-10H,2-4H2,1H3;5-6H,1-4H2. The Morgan fingerprint density at radius 3 is 1.74 bits per heavy atom. The minimum Gasteiger partial charge on any atom is -0.396 e. The minimum atomic E-state index is -1.55. The van der Waals surface area contributed by atoms with Gasteiger partial charge >= 0.3 is 0 Å². The van der Waals surface area contributed by atoms with Crippen molar-refractivity contribution in [2.24, 2.45) is 5.92 Å². The second-order valence-corrected chi connectivity index (χ2v) is 4.95. The molecule has 0 bridgehead atoms. The molecule has 7 heteroatoms. The highest BCUT2D eigenvalue weighted by Crippen LogP contribution is 2.15. The van der Waals surface area contributed by atoms with Gasteiger partial charge in [-0.05, 0) is 0 Å². The van der Waals surface area contributed by atoms with E-state index in [0.717, 1.165) is 26.4 Å². The summed E-state index contributed by atoms with van der Waals surface area (Å²) in [6, 6.07) is 0. The van der Waals surface area contributed by atoms with Crippen LogP contribution in [0.2, 0.25) is 0 Å². The molecular formula is C12H24O7. The number of aliphatic hydroxyl groups is 4. The Kier molecular flexibility index (Phi) is 7.16. The van der Waals surface area contributed by atoms with E-state index in [1.807, 2.05) is 0 Å². The van der Waals surface area contributed by atoms with Gasteiger partial charge in [-0.1, -0.05) is 6.92 Å². The van der Waals surface area contributed by atoms with E-state index in [2.05, 4.69) is 0 Å². The van der Waals surface area contributed by atoms with Gasteiger partial charge in [-0.3, -0.25) is 0 Å². The van der Waals surface area contributed by atoms with Gasteiger partial charge in [-0.15, -0.1) is 0 Å². The molecule has 0 aliphatic carbocycles. The van der Waals surface area contributed by atoms with Crippen LogP contribution in [0.5, 0.6) is 0 Å². The van der Waals surface area contributed by atoms with Crippen molar-refractivity contribution in [3.63, 3.8) is 0 Å². The number of rotatable bonds is 8. The highest BCUT2D eigenvalue weighted by molar-refractivity contribution is 4.81. The highest BCUT2D eigenvalue weighted by Gasteiger charge is 2.31. The van der Waals surface area contributed by atoms with E-state index < -0.39 is 24.7 Å². The number of aliphatic hydroxyl groups excluding tert-OH is 3. The lowest BCUT2D eigenvalue weighted by atomic mass is 9.91. The molecule has 4 N–H and O–H groups in total. The van der Waals surface area contributed by atoms with Crippen molar-refractivity contribution < 1.29 is 34.6 Å². The van der Waals surface area contributed by atoms with Crippen LogP contribution in [-0.2, 0) is 14.2 Å². The molecular weight excluding hydrogens is 256 g/mol. The van der Waals surface area contributed by atoms with Gasteiger partial charge in [0.25, 0.3) is 0 Å². The maximum Gasteiger partial charge on any atom is 0.115 e. The summed E-state index contributed by atoms with van der Waals surface area (Å²) in [6.45, 7) is 3.48. The normalized spacial score (nSPS) is 26.4. The molecule has 2 saturated heterocycles. The summed E-state index contributed by atoms with van der Waals surface area (Å²) in [5, 5.41) is 34.9. The van der Waals surface area contributed by atoms with Crippen LogP contribution < -0.4 is 0 Å². The predicted molar refractivity (Wildman–Crippen MR) is 65.7 cm³/mol. The van der Waals surface area contributed by atoms with Gasteiger partial charge in [0.05, 0.1) is 39.6 Å². The monoisotopic (exact) mass is 280 g/mol. The van der Waals surface area contributed by atoms with Crippen LogP contribution >= 0.6 is 0 Å². The lowest BCUT2D eigenvalue weighted by molar-refractivity contribution is -0.102. The minimum absolute atomic E-state index is 0.252. The average molecular weight is 280 g/mol. The first-order valence-corrected chi connectivity index (χ1v) is 6.41. The first-order valence-electron chi connectivity index (χ1n) is 6.41. The molecule has 2 rings (SSSR count). The van der Waals surface area contributed by atoms with E-state index in [4.69, 9.17) is 29.5 Å². The lowest BCUT2D eigenvalue weighted by Crippen LogP contribution is -2.45. The van der Waals surface area contributed by atoms with Crippen LogP contribution in [0.1, 0.15) is 6.92 Å². The third kappa shape index (κ3) is 6.62. The molecule has 0 aromatic rings. The van der Waals surface area contributed by atoms with Gasteiger partial charge in [-0.25, -0.2) is 0 Å². The number of hydrogen-bond donors (Lipinski definition) is 4. The Morgan fingerprint density at radius 2 is 1.53 bits per heavy atom. The molecule has 0 aromatic heterocycles. The summed E-state index contributed by atoms with van der Waals surface area (Å²) < 4.78 is 15.1. The van der Waals surface area contributed by atoms with Crippen LogP contribution in [0, 0.1) is 5.92 Å². The second-order valence-electron chi connectivity index (χ2n) is 4.95. The molecule has 0 radical (unpaired) electrons. The molecule has 0 spiro atoms. The van der Waals surface area contributed by atoms with E-state index >= 15 is 0 Å². The SMILES string of the molecule is C(OCC1CO1)C1CO1.CC(CO)C(O)(CO)CO. The summed E-state index contributed by atoms with van der Waals surface area (Å²) in [7, 11) is 0. The molecule has 2 fully saturated rings. The predicted octanol–water partition coefficient (Wildman–Crippen LogP) is -1.87. The van der Waals surface area contributed by atoms with Crippen molar-refractivity contribution in [3.05, 3.63) is 0 Å². The molecule has 2 aliphatic heterocycles. The Bertz CT molecular complexity index is 224. The Morgan fingerprint density at radius 1 is 1.11 bits per heavy atom. The molecule has 0 amide bonds. The molecule has 7 nitrogen and oxygen atoms in total. The third-order valence-electron chi connectivity index (χ3n) is 3.15. The maximum atomic E-state index is 9.24. The van der Waals surface area contributed by atoms with Crippen molar-refractivity contribution in [1.29, 1.82) is 0 Å². The fraction of sp³-hybridized carbons (Fsp3) is 1.00. The average Bonchev–Trinajstić information content (AvgIpc) is 3.32.